The Morgan fingerprint density at radius 2 is 1.46 bits per heavy atom. The van der Waals surface area contributed by atoms with Crippen LogP contribution in [0.15, 0.2) is 42.6 Å². The maximum atomic E-state index is 5.63. The average molecular weight is 318 g/mol. The van der Waals surface area contributed by atoms with Crippen LogP contribution in [-0.2, 0) is 0 Å². The Kier molecular flexibility index (Phi) is 2.14. The number of benzene rings is 3. The summed E-state index contributed by atoms with van der Waals surface area (Å²) in [6.45, 7) is 0.549. The van der Waals surface area contributed by atoms with E-state index in [1.807, 2.05) is 24.4 Å². The molecule has 0 saturated carbocycles. The molecule has 0 amide bonds. The first-order valence-electron chi connectivity index (χ1n) is 7.77. The van der Waals surface area contributed by atoms with Crippen molar-refractivity contribution in [3.8, 4) is 23.0 Å². The van der Waals surface area contributed by atoms with E-state index >= 15 is 0 Å². The minimum Gasteiger partial charge on any atom is -0.454 e. The Morgan fingerprint density at radius 3 is 2.42 bits per heavy atom. The summed E-state index contributed by atoms with van der Waals surface area (Å²) >= 11 is 0. The standard InChI is InChI=1S/C19H11NO4/c1-2-12-11-3-4-15-19(24-9-21-15)14(11)7-20-18(12)13-6-17-16(5-10(1)13)22-8-23-17/h1-7H,8-9H2/p+1. The third kappa shape index (κ3) is 1.46. The van der Waals surface area contributed by atoms with Crippen LogP contribution in [0.4, 0.5) is 0 Å². The van der Waals surface area contributed by atoms with Crippen LogP contribution in [0.1, 0.15) is 0 Å². The Hall–Kier alpha value is -3.21. The molecule has 0 radical (unpaired) electrons. The SMILES string of the molecule is c1cc2c(c[nH+]c3c4cc5c(cc4ccc23)OCO5)c2c1OCO2. The van der Waals surface area contributed by atoms with Gasteiger partial charge >= 0.3 is 0 Å². The second-order valence-electron chi connectivity index (χ2n) is 5.96. The minimum absolute atomic E-state index is 0.272. The zero-order valence-corrected chi connectivity index (χ0v) is 12.6. The van der Waals surface area contributed by atoms with Gasteiger partial charge in [0.2, 0.25) is 19.1 Å². The topological polar surface area (TPSA) is 51.1 Å². The second-order valence-corrected chi connectivity index (χ2v) is 5.96. The lowest BCUT2D eigenvalue weighted by Gasteiger charge is -2.05. The molecule has 2 aliphatic rings. The van der Waals surface area contributed by atoms with Crippen molar-refractivity contribution in [2.45, 2.75) is 0 Å². The van der Waals surface area contributed by atoms with Gasteiger partial charge in [-0.1, -0.05) is 6.07 Å². The quantitative estimate of drug-likeness (QED) is 0.466. The van der Waals surface area contributed by atoms with Crippen molar-refractivity contribution in [1.29, 1.82) is 0 Å². The smallest absolute Gasteiger partial charge is 0.231 e. The zero-order chi connectivity index (χ0) is 15.7. The van der Waals surface area contributed by atoms with Crippen molar-refractivity contribution >= 4 is 32.4 Å². The number of fused-ring (bicyclic) bond motifs is 8. The van der Waals surface area contributed by atoms with Crippen LogP contribution in [0, 0.1) is 0 Å². The molecule has 0 atom stereocenters. The molecule has 116 valence electrons. The van der Waals surface area contributed by atoms with Crippen molar-refractivity contribution in [2.75, 3.05) is 13.6 Å². The first kappa shape index (κ1) is 12.2. The van der Waals surface area contributed by atoms with Gasteiger partial charge in [-0.3, -0.25) is 0 Å². The normalized spacial score (nSPS) is 14.8. The van der Waals surface area contributed by atoms with Gasteiger partial charge in [0.1, 0.15) is 0 Å². The van der Waals surface area contributed by atoms with E-state index in [9.17, 15) is 0 Å². The lowest BCUT2D eigenvalue weighted by Crippen LogP contribution is -2.04. The Labute approximate surface area is 136 Å². The van der Waals surface area contributed by atoms with Gasteiger partial charge in [0, 0.05) is 5.39 Å². The molecule has 1 aromatic heterocycles. The Morgan fingerprint density at radius 1 is 0.667 bits per heavy atom. The molecule has 3 aromatic carbocycles. The van der Waals surface area contributed by atoms with E-state index in [-0.39, 0.29) is 13.6 Å². The molecule has 0 bridgehead atoms. The van der Waals surface area contributed by atoms with Gasteiger partial charge in [0.05, 0.1) is 16.2 Å². The third-order valence-electron chi connectivity index (χ3n) is 4.74. The van der Waals surface area contributed by atoms with Crippen LogP contribution < -0.4 is 23.9 Å². The second kappa shape index (κ2) is 4.20. The van der Waals surface area contributed by atoms with Gasteiger partial charge in [-0.15, -0.1) is 0 Å². The van der Waals surface area contributed by atoms with Crippen LogP contribution in [0.3, 0.4) is 0 Å². The monoisotopic (exact) mass is 318 g/mol. The van der Waals surface area contributed by atoms with Crippen molar-refractivity contribution in [2.24, 2.45) is 0 Å². The van der Waals surface area contributed by atoms with E-state index in [2.05, 4.69) is 23.2 Å². The minimum atomic E-state index is 0.272. The van der Waals surface area contributed by atoms with Crippen LogP contribution in [-0.4, -0.2) is 13.6 Å². The molecule has 0 spiro atoms. The Balaban J connectivity index is 1.75. The largest absolute Gasteiger partial charge is 0.454 e. The van der Waals surface area contributed by atoms with Gasteiger partial charge in [-0.2, -0.15) is 0 Å². The molecule has 3 heterocycles. The first-order chi connectivity index (χ1) is 11.9. The molecule has 0 aliphatic carbocycles. The fraction of sp³-hybridized carbons (Fsp3) is 0.105. The van der Waals surface area contributed by atoms with Crippen LogP contribution >= 0.6 is 0 Å². The summed E-state index contributed by atoms with van der Waals surface area (Å²) in [4.78, 5) is 3.43. The lowest BCUT2D eigenvalue weighted by atomic mass is 10.0. The molecule has 24 heavy (non-hydrogen) atoms. The van der Waals surface area contributed by atoms with Gasteiger partial charge < -0.3 is 18.9 Å². The molecule has 0 saturated heterocycles. The summed E-state index contributed by atoms with van der Waals surface area (Å²) in [7, 11) is 0. The number of nitrogens with one attached hydrogen (secondary N) is 1. The third-order valence-corrected chi connectivity index (χ3v) is 4.74. The highest BCUT2D eigenvalue weighted by molar-refractivity contribution is 6.15. The lowest BCUT2D eigenvalue weighted by molar-refractivity contribution is -0.341. The van der Waals surface area contributed by atoms with E-state index in [4.69, 9.17) is 18.9 Å². The summed E-state index contributed by atoms with van der Waals surface area (Å²) < 4.78 is 22.1. The van der Waals surface area contributed by atoms with E-state index in [0.717, 1.165) is 55.4 Å². The van der Waals surface area contributed by atoms with Crippen molar-refractivity contribution in [3.05, 3.63) is 42.6 Å². The van der Waals surface area contributed by atoms with Crippen molar-refractivity contribution in [1.82, 2.24) is 0 Å². The van der Waals surface area contributed by atoms with E-state index < -0.39 is 0 Å². The number of aromatic amines is 1. The fourth-order valence-electron chi connectivity index (χ4n) is 3.61. The summed E-state index contributed by atoms with van der Waals surface area (Å²) in [5, 5.41) is 5.52. The van der Waals surface area contributed by atoms with Gasteiger partial charge in [-0.25, -0.2) is 4.98 Å². The highest BCUT2D eigenvalue weighted by Crippen LogP contribution is 2.42. The average Bonchev–Trinajstić information content (AvgIpc) is 3.27. The van der Waals surface area contributed by atoms with Gasteiger partial charge in [-0.05, 0) is 35.7 Å². The molecule has 6 rings (SSSR count). The molecule has 0 fully saturated rings. The molecular weight excluding hydrogens is 306 g/mol. The van der Waals surface area contributed by atoms with Crippen LogP contribution in [0.5, 0.6) is 23.0 Å². The number of rotatable bonds is 0. The molecule has 5 heteroatoms. The first-order valence-corrected chi connectivity index (χ1v) is 7.77. The predicted octanol–water partition coefficient (Wildman–Crippen LogP) is 3.42. The highest BCUT2D eigenvalue weighted by atomic mass is 16.7. The van der Waals surface area contributed by atoms with E-state index in [0.29, 0.717) is 0 Å². The fourth-order valence-corrected chi connectivity index (χ4v) is 3.61. The van der Waals surface area contributed by atoms with Crippen molar-refractivity contribution < 1.29 is 23.9 Å². The molecule has 0 unspecified atom stereocenters. The molecule has 5 nitrogen and oxygen atoms in total. The van der Waals surface area contributed by atoms with E-state index in [1.165, 1.54) is 0 Å². The summed E-state index contributed by atoms with van der Waals surface area (Å²) in [6, 6.07) is 12.3. The number of hydrogen-bond acceptors (Lipinski definition) is 4. The highest BCUT2D eigenvalue weighted by Gasteiger charge is 2.22. The predicted molar refractivity (Wildman–Crippen MR) is 87.8 cm³/mol. The maximum Gasteiger partial charge on any atom is 0.231 e. The molecule has 1 N–H and O–H groups in total. The molecule has 2 aliphatic heterocycles. The number of ether oxygens (including phenoxy) is 4. The van der Waals surface area contributed by atoms with Crippen LogP contribution in [0.2, 0.25) is 0 Å². The molecular formula is C19H12NO4+. The number of hydrogen-bond donors (Lipinski definition) is 0. The zero-order valence-electron chi connectivity index (χ0n) is 12.6. The van der Waals surface area contributed by atoms with Crippen LogP contribution in [0.25, 0.3) is 32.4 Å². The Bertz CT molecular complexity index is 1160. The summed E-state index contributed by atoms with van der Waals surface area (Å²) in [5.41, 5.74) is 1.07. The number of pyridine rings is 1. The number of H-pyrrole nitrogens is 1. The summed E-state index contributed by atoms with van der Waals surface area (Å²) in [6.07, 6.45) is 1.98. The van der Waals surface area contributed by atoms with E-state index in [1.54, 1.807) is 0 Å². The summed E-state index contributed by atoms with van der Waals surface area (Å²) in [5.74, 6) is 3.18. The van der Waals surface area contributed by atoms with Gasteiger partial charge in [0.25, 0.3) is 0 Å². The molecule has 4 aromatic rings. The van der Waals surface area contributed by atoms with Crippen molar-refractivity contribution in [3.63, 3.8) is 0 Å². The van der Waals surface area contributed by atoms with Gasteiger partial charge in [0.15, 0.2) is 29.2 Å². The number of aromatic nitrogens is 1. The maximum absolute atomic E-state index is 5.63.